The van der Waals surface area contributed by atoms with Gasteiger partial charge in [-0.05, 0) is 35.6 Å². The van der Waals surface area contributed by atoms with Crippen LogP contribution < -0.4 is 4.72 Å². The summed E-state index contributed by atoms with van der Waals surface area (Å²) < 4.78 is 27.3. The van der Waals surface area contributed by atoms with E-state index in [9.17, 15) is 13.5 Å². The number of nitrogens with one attached hydrogen (secondary N) is 1. The van der Waals surface area contributed by atoms with Crippen LogP contribution in [0.1, 0.15) is 50.2 Å². The van der Waals surface area contributed by atoms with E-state index in [-0.39, 0.29) is 11.8 Å². The highest BCUT2D eigenvalue weighted by Gasteiger charge is 2.26. The molecule has 0 heterocycles. The molecule has 5 heteroatoms. The van der Waals surface area contributed by atoms with Gasteiger partial charge in [0.25, 0.3) is 0 Å². The van der Waals surface area contributed by atoms with Crippen LogP contribution in [0.5, 0.6) is 0 Å². The summed E-state index contributed by atoms with van der Waals surface area (Å²) in [7, 11) is -3.26. The molecule has 1 fully saturated rings. The molecule has 1 aliphatic carbocycles. The average Bonchev–Trinajstić information content (AvgIpc) is 2.61. The Labute approximate surface area is 143 Å². The lowest BCUT2D eigenvalue weighted by molar-refractivity contribution is 0.170. The van der Waals surface area contributed by atoms with Crippen molar-refractivity contribution in [1.82, 2.24) is 4.72 Å². The van der Waals surface area contributed by atoms with Crippen molar-refractivity contribution < 1.29 is 13.5 Å². The zero-order valence-corrected chi connectivity index (χ0v) is 14.6. The van der Waals surface area contributed by atoms with Crippen molar-refractivity contribution in [3.8, 4) is 0 Å². The van der Waals surface area contributed by atoms with Crippen LogP contribution in [0.2, 0.25) is 0 Å². The number of fused-ring (bicyclic) bond motifs is 1. The number of benzene rings is 2. The maximum absolute atomic E-state index is 12.3. The second kappa shape index (κ2) is 7.64. The van der Waals surface area contributed by atoms with Gasteiger partial charge in [0.05, 0.1) is 11.4 Å². The van der Waals surface area contributed by atoms with E-state index in [1.54, 1.807) is 0 Å². The molecule has 2 N–H and O–H groups in total. The monoisotopic (exact) mass is 347 g/mol. The summed E-state index contributed by atoms with van der Waals surface area (Å²) in [5, 5.41) is 12.3. The molecule has 0 aliphatic heterocycles. The minimum absolute atomic E-state index is 0.263. The van der Waals surface area contributed by atoms with Gasteiger partial charge in [0.1, 0.15) is 0 Å². The highest BCUT2D eigenvalue weighted by atomic mass is 32.2. The zero-order chi connectivity index (χ0) is 17.0. The number of rotatable bonds is 6. The minimum atomic E-state index is -3.26. The first-order valence-electron chi connectivity index (χ1n) is 8.72. The maximum atomic E-state index is 12.3. The average molecular weight is 347 g/mol. The lowest BCUT2D eigenvalue weighted by Gasteiger charge is -2.22. The number of sulfonamides is 1. The predicted octanol–water partition coefficient (Wildman–Crippen LogP) is 3.52. The van der Waals surface area contributed by atoms with Crippen molar-refractivity contribution in [3.05, 3.63) is 48.0 Å². The summed E-state index contributed by atoms with van der Waals surface area (Å²) in [5.41, 5.74) is 0.852. The van der Waals surface area contributed by atoms with Crippen LogP contribution in [0.4, 0.5) is 0 Å². The van der Waals surface area contributed by atoms with Gasteiger partial charge in [-0.2, -0.15) is 0 Å². The molecule has 3 rings (SSSR count). The third-order valence-corrected chi connectivity index (χ3v) is 6.85. The van der Waals surface area contributed by atoms with Crippen molar-refractivity contribution in [3.63, 3.8) is 0 Å². The summed E-state index contributed by atoms with van der Waals surface area (Å²) >= 11 is 0. The fourth-order valence-electron chi connectivity index (χ4n) is 3.53. The van der Waals surface area contributed by atoms with E-state index in [1.165, 1.54) is 0 Å². The molecule has 1 unspecified atom stereocenters. The van der Waals surface area contributed by atoms with Crippen LogP contribution in [-0.4, -0.2) is 25.3 Å². The molecule has 0 bridgehead atoms. The molecule has 1 aliphatic rings. The number of aliphatic hydroxyl groups is 1. The lowest BCUT2D eigenvalue weighted by Crippen LogP contribution is -2.36. The van der Waals surface area contributed by atoms with E-state index < -0.39 is 16.1 Å². The molecule has 0 radical (unpaired) electrons. The van der Waals surface area contributed by atoms with E-state index in [1.807, 2.05) is 42.5 Å². The molecule has 24 heavy (non-hydrogen) atoms. The quantitative estimate of drug-likeness (QED) is 0.840. The Balaban J connectivity index is 1.62. The Bertz CT molecular complexity index is 777. The van der Waals surface area contributed by atoms with Crippen molar-refractivity contribution in [2.45, 2.75) is 49.9 Å². The lowest BCUT2D eigenvalue weighted by atomic mass is 9.99. The number of hydrogen-bond donors (Lipinski definition) is 2. The first kappa shape index (κ1) is 17.4. The van der Waals surface area contributed by atoms with Crippen LogP contribution in [0.25, 0.3) is 10.8 Å². The van der Waals surface area contributed by atoms with Gasteiger partial charge in [0.2, 0.25) is 10.0 Å². The summed E-state index contributed by atoms with van der Waals surface area (Å²) in [6.45, 7) is 0.267. The van der Waals surface area contributed by atoms with E-state index in [4.69, 9.17) is 0 Å². The van der Waals surface area contributed by atoms with Crippen LogP contribution in [-0.2, 0) is 10.0 Å². The number of aliphatic hydroxyl groups excluding tert-OH is 1. The van der Waals surface area contributed by atoms with Crippen LogP contribution >= 0.6 is 0 Å². The van der Waals surface area contributed by atoms with Gasteiger partial charge in [0, 0.05) is 6.54 Å². The normalized spacial score (nSPS) is 17.9. The standard InChI is InChI=1S/C19H25NO3S/c21-19(18-12-6-8-15-7-4-5-11-17(15)18)13-14-20-24(22,23)16-9-2-1-3-10-16/h4-8,11-12,16,19-21H,1-3,9-10,13-14H2. The van der Waals surface area contributed by atoms with Crippen LogP contribution in [0.15, 0.2) is 42.5 Å². The SMILES string of the molecule is O=S(=O)(NCCC(O)c1cccc2ccccc12)C1CCCCC1. The van der Waals surface area contributed by atoms with E-state index in [0.29, 0.717) is 6.42 Å². The Morgan fingerprint density at radius 3 is 2.54 bits per heavy atom. The Morgan fingerprint density at radius 2 is 1.75 bits per heavy atom. The van der Waals surface area contributed by atoms with Gasteiger partial charge in [0.15, 0.2) is 0 Å². The van der Waals surface area contributed by atoms with Crippen LogP contribution in [0.3, 0.4) is 0 Å². The Morgan fingerprint density at radius 1 is 1.04 bits per heavy atom. The molecular formula is C19H25NO3S. The fraction of sp³-hybridized carbons (Fsp3) is 0.474. The summed E-state index contributed by atoms with van der Waals surface area (Å²) in [4.78, 5) is 0. The van der Waals surface area contributed by atoms with E-state index in [2.05, 4.69) is 4.72 Å². The van der Waals surface area contributed by atoms with Crippen molar-refractivity contribution >= 4 is 20.8 Å². The third-order valence-electron chi connectivity index (χ3n) is 4.89. The molecule has 130 valence electrons. The minimum Gasteiger partial charge on any atom is -0.388 e. The largest absolute Gasteiger partial charge is 0.388 e. The van der Waals surface area contributed by atoms with Gasteiger partial charge in [-0.15, -0.1) is 0 Å². The molecule has 2 aromatic rings. The summed E-state index contributed by atoms with van der Waals surface area (Å²) in [5.74, 6) is 0. The molecule has 0 aromatic heterocycles. The van der Waals surface area contributed by atoms with E-state index in [0.717, 1.165) is 48.4 Å². The smallest absolute Gasteiger partial charge is 0.214 e. The fourth-order valence-corrected chi connectivity index (χ4v) is 5.12. The van der Waals surface area contributed by atoms with E-state index >= 15 is 0 Å². The van der Waals surface area contributed by atoms with Crippen LogP contribution in [0, 0.1) is 0 Å². The van der Waals surface area contributed by atoms with Gasteiger partial charge in [-0.3, -0.25) is 0 Å². The molecule has 0 spiro atoms. The van der Waals surface area contributed by atoms with Crippen molar-refractivity contribution in [2.24, 2.45) is 0 Å². The Kier molecular flexibility index (Phi) is 5.54. The Hall–Kier alpha value is -1.43. The second-order valence-corrected chi connectivity index (χ2v) is 8.62. The first-order chi connectivity index (χ1) is 11.6. The molecule has 1 atom stereocenters. The molecule has 1 saturated carbocycles. The van der Waals surface area contributed by atoms with Crippen molar-refractivity contribution in [1.29, 1.82) is 0 Å². The zero-order valence-electron chi connectivity index (χ0n) is 13.8. The van der Waals surface area contributed by atoms with Crippen molar-refractivity contribution in [2.75, 3.05) is 6.54 Å². The summed E-state index contributed by atoms with van der Waals surface area (Å²) in [6, 6.07) is 13.8. The van der Waals surface area contributed by atoms with Gasteiger partial charge in [-0.25, -0.2) is 13.1 Å². The molecular weight excluding hydrogens is 322 g/mol. The highest BCUT2D eigenvalue weighted by Crippen LogP contribution is 2.26. The molecule has 4 nitrogen and oxygen atoms in total. The van der Waals surface area contributed by atoms with Gasteiger partial charge < -0.3 is 5.11 Å². The summed E-state index contributed by atoms with van der Waals surface area (Å²) in [6.07, 6.45) is 4.31. The highest BCUT2D eigenvalue weighted by molar-refractivity contribution is 7.90. The second-order valence-electron chi connectivity index (χ2n) is 6.57. The van der Waals surface area contributed by atoms with Gasteiger partial charge >= 0.3 is 0 Å². The molecule has 0 saturated heterocycles. The maximum Gasteiger partial charge on any atom is 0.214 e. The first-order valence-corrected chi connectivity index (χ1v) is 10.3. The number of hydrogen-bond acceptors (Lipinski definition) is 3. The molecule has 2 aromatic carbocycles. The topological polar surface area (TPSA) is 66.4 Å². The predicted molar refractivity (Wildman–Crippen MR) is 97.3 cm³/mol. The van der Waals surface area contributed by atoms with Gasteiger partial charge in [-0.1, -0.05) is 61.7 Å². The molecule has 0 amide bonds. The third kappa shape index (κ3) is 3.97.